The average molecular weight is 453 g/mol. The number of carbonyl (C=O) groups is 3. The zero-order valence-electron chi connectivity index (χ0n) is 19.0. The fourth-order valence-corrected chi connectivity index (χ4v) is 3.88. The number of rotatable bonds is 11. The summed E-state index contributed by atoms with van der Waals surface area (Å²) in [7, 11) is 0. The van der Waals surface area contributed by atoms with Crippen LogP contribution >= 0.6 is 11.3 Å². The maximum absolute atomic E-state index is 13.2. The molecule has 0 aliphatic carbocycles. The Bertz CT molecular complexity index is 732. The van der Waals surface area contributed by atoms with Crippen LogP contribution in [0.1, 0.15) is 52.3 Å². The second-order valence-electron chi connectivity index (χ2n) is 8.58. The maximum atomic E-state index is 13.2. The number of nitrogens with one attached hydrogen (secondary N) is 2. The molecule has 5 N–H and O–H groups in total. The molecule has 1 heterocycles. The minimum absolute atomic E-state index is 0.108. The molecule has 1 aromatic heterocycles. The van der Waals surface area contributed by atoms with E-state index in [1.54, 1.807) is 23.7 Å². The molecule has 0 radical (unpaired) electrons. The van der Waals surface area contributed by atoms with Crippen molar-refractivity contribution in [3.05, 3.63) is 28.5 Å². The van der Waals surface area contributed by atoms with Crippen molar-refractivity contribution in [2.45, 2.75) is 53.5 Å². The Morgan fingerprint density at radius 1 is 1.13 bits per heavy atom. The van der Waals surface area contributed by atoms with Gasteiger partial charge in [0.1, 0.15) is 0 Å². The summed E-state index contributed by atoms with van der Waals surface area (Å²) in [5.74, 6) is -2.78. The molecule has 1 rings (SSSR count). The fraction of sp³-hybridized carbons (Fsp3) is 0.591. The summed E-state index contributed by atoms with van der Waals surface area (Å²) in [6.07, 6.45) is 4.39. The molecule has 0 fully saturated rings. The molecule has 1 aromatic rings. The monoisotopic (exact) mass is 452 g/mol. The molecular formula is C22H36N4O4S. The summed E-state index contributed by atoms with van der Waals surface area (Å²) < 4.78 is 0. The van der Waals surface area contributed by atoms with Gasteiger partial charge in [-0.15, -0.1) is 11.3 Å². The molecule has 31 heavy (non-hydrogen) atoms. The normalized spacial score (nSPS) is 14.5. The lowest BCUT2D eigenvalue weighted by Crippen LogP contribution is -2.55. The second-order valence-corrected chi connectivity index (χ2v) is 9.56. The summed E-state index contributed by atoms with van der Waals surface area (Å²) in [4.78, 5) is 39.2. The predicted octanol–water partition coefficient (Wildman–Crippen LogP) is 2.80. The van der Waals surface area contributed by atoms with E-state index < -0.39 is 35.6 Å². The van der Waals surface area contributed by atoms with Crippen molar-refractivity contribution in [1.82, 2.24) is 15.9 Å². The van der Waals surface area contributed by atoms with E-state index >= 15 is 0 Å². The van der Waals surface area contributed by atoms with Crippen molar-refractivity contribution in [3.8, 4) is 0 Å². The van der Waals surface area contributed by atoms with Crippen molar-refractivity contribution in [2.75, 3.05) is 6.54 Å². The molecule has 0 bridgehead atoms. The average Bonchev–Trinajstić information content (AvgIpc) is 3.21. The number of amides is 3. The zero-order valence-corrected chi connectivity index (χ0v) is 19.8. The van der Waals surface area contributed by atoms with Gasteiger partial charge in [0.25, 0.3) is 5.91 Å². The number of carbonyl (C=O) groups excluding carboxylic acids is 3. The third-order valence-corrected chi connectivity index (χ3v) is 5.50. The zero-order chi connectivity index (χ0) is 23.6. The molecular weight excluding hydrogens is 416 g/mol. The number of hydroxylamine groups is 1. The molecule has 0 aliphatic heterocycles. The first-order valence-corrected chi connectivity index (χ1v) is 11.5. The molecule has 3 amide bonds. The van der Waals surface area contributed by atoms with Crippen LogP contribution in [-0.4, -0.2) is 40.5 Å². The summed E-state index contributed by atoms with van der Waals surface area (Å²) >= 11 is 1.56. The summed E-state index contributed by atoms with van der Waals surface area (Å²) in [5.41, 5.74) is 10.1. The number of hydrazine groups is 1. The highest BCUT2D eigenvalue weighted by atomic mass is 32.1. The first-order valence-electron chi connectivity index (χ1n) is 10.6. The Morgan fingerprint density at radius 3 is 2.29 bits per heavy atom. The van der Waals surface area contributed by atoms with E-state index in [4.69, 9.17) is 5.73 Å². The lowest BCUT2D eigenvalue weighted by molar-refractivity contribution is -0.148. The standard InChI is InChI=1S/C22H36N4O4S/c1-14(2)12-19(20(27)24-26(13-15(3)4)22(29)16(5)23)18(21(28)25-30)10-6-8-17-9-7-11-31-17/h6-9,11,14-16,18-19,30H,10,12-13,23H2,1-5H3,(H,24,27)(H,25,28)/b8-6+/t16-,18?,19-/m1/s1. The number of nitrogens with two attached hydrogens (primary N) is 1. The molecule has 0 spiro atoms. The molecule has 0 saturated heterocycles. The maximum Gasteiger partial charge on any atom is 0.257 e. The van der Waals surface area contributed by atoms with E-state index in [0.717, 1.165) is 4.88 Å². The first kappa shape index (κ1) is 26.8. The number of thiophene rings is 1. The minimum Gasteiger partial charge on any atom is -0.320 e. The molecule has 9 heteroatoms. The third kappa shape index (κ3) is 9.20. The van der Waals surface area contributed by atoms with Crippen molar-refractivity contribution < 1.29 is 19.6 Å². The highest BCUT2D eigenvalue weighted by Crippen LogP contribution is 2.26. The molecule has 0 aliphatic rings. The van der Waals surface area contributed by atoms with Gasteiger partial charge in [0.05, 0.1) is 17.9 Å². The lowest BCUT2D eigenvalue weighted by Gasteiger charge is -2.31. The first-order chi connectivity index (χ1) is 14.6. The van der Waals surface area contributed by atoms with Gasteiger partial charge in [0.2, 0.25) is 11.8 Å². The van der Waals surface area contributed by atoms with E-state index in [9.17, 15) is 19.6 Å². The van der Waals surface area contributed by atoms with E-state index in [1.807, 2.05) is 57.4 Å². The van der Waals surface area contributed by atoms with Gasteiger partial charge in [-0.25, -0.2) is 5.48 Å². The summed E-state index contributed by atoms with van der Waals surface area (Å²) in [5, 5.41) is 12.5. The Kier molecular flexibility index (Phi) is 11.4. The van der Waals surface area contributed by atoms with Crippen LogP contribution in [0.5, 0.6) is 0 Å². The van der Waals surface area contributed by atoms with Gasteiger partial charge in [-0.05, 0) is 49.1 Å². The summed E-state index contributed by atoms with van der Waals surface area (Å²) in [6, 6.07) is 3.10. The number of hydrogen-bond acceptors (Lipinski definition) is 6. The van der Waals surface area contributed by atoms with E-state index in [1.165, 1.54) is 5.01 Å². The van der Waals surface area contributed by atoms with Crippen LogP contribution in [0.2, 0.25) is 0 Å². The number of nitrogens with zero attached hydrogens (tertiary/aromatic N) is 1. The largest absolute Gasteiger partial charge is 0.320 e. The molecule has 0 aromatic carbocycles. The van der Waals surface area contributed by atoms with Crippen LogP contribution in [0.3, 0.4) is 0 Å². The van der Waals surface area contributed by atoms with Gasteiger partial charge in [-0.1, -0.05) is 39.8 Å². The van der Waals surface area contributed by atoms with Gasteiger partial charge >= 0.3 is 0 Å². The molecule has 8 nitrogen and oxygen atoms in total. The topological polar surface area (TPSA) is 125 Å². The number of hydrogen-bond donors (Lipinski definition) is 4. The second kappa shape index (κ2) is 13.2. The van der Waals surface area contributed by atoms with Crippen LogP contribution in [0, 0.1) is 23.7 Å². The molecule has 174 valence electrons. The highest BCUT2D eigenvalue weighted by molar-refractivity contribution is 7.10. The van der Waals surface area contributed by atoms with Gasteiger partial charge in [0, 0.05) is 11.4 Å². The van der Waals surface area contributed by atoms with Crippen LogP contribution in [-0.2, 0) is 14.4 Å². The molecule has 0 saturated carbocycles. The van der Waals surface area contributed by atoms with Gasteiger partial charge in [-0.3, -0.25) is 30.0 Å². The third-order valence-electron chi connectivity index (χ3n) is 4.66. The smallest absolute Gasteiger partial charge is 0.257 e. The Morgan fingerprint density at radius 2 is 1.81 bits per heavy atom. The van der Waals surface area contributed by atoms with Crippen LogP contribution in [0.15, 0.2) is 23.6 Å². The molecule has 3 atom stereocenters. The minimum atomic E-state index is -0.796. The van der Waals surface area contributed by atoms with Gasteiger partial charge in [0.15, 0.2) is 0 Å². The van der Waals surface area contributed by atoms with E-state index in [-0.39, 0.29) is 18.3 Å². The Balaban J connectivity index is 3.11. The molecule has 1 unspecified atom stereocenters. The van der Waals surface area contributed by atoms with Crippen molar-refractivity contribution in [3.63, 3.8) is 0 Å². The van der Waals surface area contributed by atoms with Crippen LogP contribution in [0.4, 0.5) is 0 Å². The van der Waals surface area contributed by atoms with Crippen molar-refractivity contribution >= 4 is 35.1 Å². The highest BCUT2D eigenvalue weighted by Gasteiger charge is 2.35. The van der Waals surface area contributed by atoms with E-state index in [2.05, 4.69) is 5.43 Å². The van der Waals surface area contributed by atoms with E-state index in [0.29, 0.717) is 13.0 Å². The number of allylic oxidation sites excluding steroid dienone is 1. The Labute approximate surface area is 188 Å². The van der Waals surface area contributed by atoms with Crippen LogP contribution < -0.4 is 16.6 Å². The van der Waals surface area contributed by atoms with Gasteiger partial charge < -0.3 is 5.73 Å². The lowest BCUT2D eigenvalue weighted by atomic mass is 9.82. The quantitative estimate of drug-likeness (QED) is 0.303. The predicted molar refractivity (Wildman–Crippen MR) is 123 cm³/mol. The van der Waals surface area contributed by atoms with Crippen LogP contribution in [0.25, 0.3) is 6.08 Å². The Hall–Kier alpha value is -2.23. The summed E-state index contributed by atoms with van der Waals surface area (Å²) in [6.45, 7) is 9.62. The van der Waals surface area contributed by atoms with Crippen molar-refractivity contribution in [2.24, 2.45) is 29.4 Å². The van der Waals surface area contributed by atoms with Gasteiger partial charge in [-0.2, -0.15) is 0 Å². The SMILES string of the molecule is CC(C)C[C@@H](C(=O)NN(CC(C)C)C(=O)[C@@H](C)N)C(C/C=C/c1cccs1)C(=O)NO. The fourth-order valence-electron chi connectivity index (χ4n) is 3.23. The van der Waals surface area contributed by atoms with Crippen molar-refractivity contribution in [1.29, 1.82) is 0 Å².